The van der Waals surface area contributed by atoms with Gasteiger partial charge in [-0.25, -0.2) is 0 Å². The zero-order chi connectivity index (χ0) is 42.4. The molecule has 1 fully saturated rings. The molecule has 20 nitrogen and oxygen atoms in total. The molecule has 0 radical (unpaired) electrons. The van der Waals surface area contributed by atoms with E-state index in [-0.39, 0.29) is 40.1 Å². The van der Waals surface area contributed by atoms with Crippen LogP contribution in [0.4, 0.5) is 28.6 Å². The number of aromatic nitrogens is 10. The van der Waals surface area contributed by atoms with Crippen molar-refractivity contribution < 1.29 is 23.9 Å². The van der Waals surface area contributed by atoms with Crippen molar-refractivity contribution in [2.45, 2.75) is 26.7 Å². The Morgan fingerprint density at radius 1 is 0.678 bits per heavy atom. The van der Waals surface area contributed by atoms with E-state index in [1.165, 1.54) is 29.8 Å². The lowest BCUT2D eigenvalue weighted by atomic mass is 10.1. The summed E-state index contributed by atoms with van der Waals surface area (Å²) in [6.45, 7) is 3.74. The Labute approximate surface area is 343 Å². The molecule has 2 aromatic carbocycles. The van der Waals surface area contributed by atoms with Crippen molar-refractivity contribution in [1.82, 2.24) is 61.0 Å². The topological polar surface area (TPSA) is 243 Å². The summed E-state index contributed by atoms with van der Waals surface area (Å²) in [5.74, 6) is 0.448. The van der Waals surface area contributed by atoms with Gasteiger partial charge in [-0.15, -0.1) is 20.4 Å². The summed E-state index contributed by atoms with van der Waals surface area (Å²) < 4.78 is 11.3. The van der Waals surface area contributed by atoms with E-state index in [0.717, 1.165) is 35.4 Å². The second-order valence-corrected chi connectivity index (χ2v) is 13.5. The second-order valence-electron chi connectivity index (χ2n) is 13.1. The number of rotatable bonds is 12. The molecule has 4 heterocycles. The number of carbonyl (C=O) groups excluding carboxylic acids is 3. The number of methoxy groups -OCH3 is 2. The Morgan fingerprint density at radius 2 is 1.15 bits per heavy atom. The van der Waals surface area contributed by atoms with Crippen molar-refractivity contribution in [2.75, 3.05) is 44.3 Å². The van der Waals surface area contributed by atoms with E-state index in [4.69, 9.17) is 21.1 Å². The van der Waals surface area contributed by atoms with Crippen molar-refractivity contribution >= 4 is 57.9 Å². The van der Waals surface area contributed by atoms with E-state index >= 15 is 0 Å². The van der Waals surface area contributed by atoms with E-state index in [2.05, 4.69) is 67.4 Å². The fourth-order valence-corrected chi connectivity index (χ4v) is 6.18. The van der Waals surface area contributed by atoms with Gasteiger partial charge in [-0.1, -0.05) is 23.7 Å². The normalized spacial score (nSPS) is 11.8. The summed E-state index contributed by atoms with van der Waals surface area (Å²) in [5.41, 5.74) is 6.61. The van der Waals surface area contributed by atoms with Crippen molar-refractivity contribution in [3.05, 3.63) is 76.5 Å². The summed E-state index contributed by atoms with van der Waals surface area (Å²) in [6.07, 6.45) is 1.74. The van der Waals surface area contributed by atoms with Gasteiger partial charge in [0.2, 0.25) is 5.91 Å². The SMILES string of the molecule is CNC(=O)c1nnc(Cl)cc1Nc1cccc(-c2nn(C)nc2C)c1OC.CNC(=O)c1nnc(NC(=O)C2CC2)cc1Nc1cccc(-c2nn(C)nc2C)c1OC. The third-order valence-corrected chi connectivity index (χ3v) is 9.08. The van der Waals surface area contributed by atoms with Gasteiger partial charge in [-0.05, 0) is 51.0 Å². The largest absolute Gasteiger partial charge is 0.494 e. The van der Waals surface area contributed by atoms with Crippen LogP contribution in [-0.4, -0.2) is 96.4 Å². The number of nitrogens with one attached hydrogen (secondary N) is 5. The minimum Gasteiger partial charge on any atom is -0.494 e. The molecule has 1 aliphatic carbocycles. The van der Waals surface area contributed by atoms with Gasteiger partial charge in [-0.2, -0.15) is 30.0 Å². The van der Waals surface area contributed by atoms with Crippen LogP contribution >= 0.6 is 11.6 Å². The number of carbonyl (C=O) groups is 3. The van der Waals surface area contributed by atoms with Gasteiger partial charge in [0.15, 0.2) is 33.9 Å². The standard InChI is InChI=1S/C21H24N8O3.C17H18ClN7O2/c1-11-17(28-29(3)27-11)13-6-5-7-14(19(13)32-4)23-15-10-16(24-20(30)12-8-9-12)25-26-18(15)21(31)22-2;1-9-14(24-25(3)23-9)10-6-5-7-11(16(10)27-4)20-12-8-13(18)21-22-15(12)17(26)19-2/h5-7,10,12H,8-9H2,1-4H3,(H,22,31)(H2,23,24,25,30);5-8H,1-4H3,(H,19,26)(H,20,21). The van der Waals surface area contributed by atoms with Crippen LogP contribution in [0.3, 0.4) is 0 Å². The lowest BCUT2D eigenvalue weighted by molar-refractivity contribution is -0.117. The van der Waals surface area contributed by atoms with Gasteiger partial charge in [0.25, 0.3) is 11.8 Å². The van der Waals surface area contributed by atoms with E-state index in [1.54, 1.807) is 34.4 Å². The number of aryl methyl sites for hydroxylation is 4. The average molecular weight is 824 g/mol. The van der Waals surface area contributed by atoms with Crippen LogP contribution in [0, 0.1) is 19.8 Å². The summed E-state index contributed by atoms with van der Waals surface area (Å²) in [6, 6.07) is 14.2. The summed E-state index contributed by atoms with van der Waals surface area (Å²) in [5, 5.41) is 47.4. The molecule has 5 N–H and O–H groups in total. The second kappa shape index (κ2) is 17.9. The quantitative estimate of drug-likeness (QED) is 0.115. The molecule has 1 saturated carbocycles. The molecule has 3 amide bonds. The molecule has 0 spiro atoms. The first-order chi connectivity index (χ1) is 28.3. The monoisotopic (exact) mass is 823 g/mol. The fourth-order valence-electron chi connectivity index (χ4n) is 6.04. The highest BCUT2D eigenvalue weighted by atomic mass is 35.5. The Balaban J connectivity index is 0.000000201. The van der Waals surface area contributed by atoms with Crippen molar-refractivity contribution in [3.63, 3.8) is 0 Å². The molecule has 21 heteroatoms. The summed E-state index contributed by atoms with van der Waals surface area (Å²) in [7, 11) is 9.65. The van der Waals surface area contributed by atoms with Crippen LogP contribution in [0.1, 0.15) is 45.2 Å². The Kier molecular flexibility index (Phi) is 12.6. The minimum atomic E-state index is -0.417. The van der Waals surface area contributed by atoms with Crippen LogP contribution in [0.25, 0.3) is 22.5 Å². The predicted octanol–water partition coefficient (Wildman–Crippen LogP) is 4.39. The van der Waals surface area contributed by atoms with Crippen LogP contribution < -0.4 is 36.1 Å². The molecular formula is C38H42ClN15O5. The molecule has 4 aromatic heterocycles. The number of ether oxygens (including phenoxy) is 2. The van der Waals surface area contributed by atoms with Crippen LogP contribution in [0.2, 0.25) is 5.15 Å². The lowest BCUT2D eigenvalue weighted by Gasteiger charge is -2.16. The Hall–Kier alpha value is -7.22. The predicted molar refractivity (Wildman–Crippen MR) is 219 cm³/mol. The molecule has 59 heavy (non-hydrogen) atoms. The smallest absolute Gasteiger partial charge is 0.273 e. The third-order valence-electron chi connectivity index (χ3n) is 8.89. The summed E-state index contributed by atoms with van der Waals surface area (Å²) in [4.78, 5) is 39.6. The number of halogens is 1. The van der Waals surface area contributed by atoms with Gasteiger partial charge in [0.05, 0.1) is 48.4 Å². The molecule has 1 aliphatic rings. The Morgan fingerprint density at radius 3 is 1.58 bits per heavy atom. The fraction of sp³-hybridized carbons (Fsp3) is 0.289. The molecule has 306 valence electrons. The maximum absolute atomic E-state index is 12.4. The molecule has 0 aliphatic heterocycles. The first kappa shape index (κ1) is 41.4. The first-order valence-electron chi connectivity index (χ1n) is 18.2. The molecule has 6 aromatic rings. The van der Waals surface area contributed by atoms with Crippen LogP contribution in [0.5, 0.6) is 11.5 Å². The minimum absolute atomic E-state index is 0.0128. The van der Waals surface area contributed by atoms with E-state index in [9.17, 15) is 14.4 Å². The molecule has 0 atom stereocenters. The number of anilines is 5. The van der Waals surface area contributed by atoms with Gasteiger partial charge in [-0.3, -0.25) is 14.4 Å². The highest BCUT2D eigenvalue weighted by Gasteiger charge is 2.30. The maximum atomic E-state index is 12.4. The molecule has 0 bridgehead atoms. The van der Waals surface area contributed by atoms with E-state index < -0.39 is 5.91 Å². The van der Waals surface area contributed by atoms with Gasteiger partial charge in [0, 0.05) is 57.4 Å². The molecule has 0 saturated heterocycles. The number of benzene rings is 2. The van der Waals surface area contributed by atoms with Crippen molar-refractivity contribution in [2.24, 2.45) is 20.0 Å². The van der Waals surface area contributed by atoms with E-state index in [1.807, 2.05) is 50.2 Å². The number of hydrogen-bond donors (Lipinski definition) is 5. The maximum Gasteiger partial charge on any atom is 0.273 e. The first-order valence-corrected chi connectivity index (χ1v) is 18.5. The van der Waals surface area contributed by atoms with Gasteiger partial charge < -0.3 is 36.1 Å². The van der Waals surface area contributed by atoms with Crippen molar-refractivity contribution in [1.29, 1.82) is 0 Å². The number of para-hydroxylation sites is 2. The lowest BCUT2D eigenvalue weighted by Crippen LogP contribution is -2.22. The van der Waals surface area contributed by atoms with Gasteiger partial charge in [0.1, 0.15) is 11.4 Å². The number of amides is 3. The zero-order valence-corrected chi connectivity index (χ0v) is 34.3. The molecule has 7 rings (SSSR count). The zero-order valence-electron chi connectivity index (χ0n) is 33.5. The molecule has 0 unspecified atom stereocenters. The highest BCUT2D eigenvalue weighted by molar-refractivity contribution is 6.29. The van der Waals surface area contributed by atoms with E-state index in [0.29, 0.717) is 45.6 Å². The van der Waals surface area contributed by atoms with Crippen LogP contribution in [-0.2, 0) is 18.9 Å². The average Bonchev–Trinajstić information content (AvgIpc) is 3.95. The summed E-state index contributed by atoms with van der Waals surface area (Å²) >= 11 is 5.96. The third kappa shape index (κ3) is 9.33. The van der Waals surface area contributed by atoms with Crippen LogP contribution in [0.15, 0.2) is 48.5 Å². The number of nitrogens with zero attached hydrogens (tertiary/aromatic N) is 10. The Bertz CT molecular complexity index is 2540. The molecular weight excluding hydrogens is 782 g/mol. The highest BCUT2D eigenvalue weighted by Crippen LogP contribution is 2.40. The number of hydrogen-bond acceptors (Lipinski definition) is 15. The van der Waals surface area contributed by atoms with Crippen molar-refractivity contribution in [3.8, 4) is 34.0 Å². The van der Waals surface area contributed by atoms with Gasteiger partial charge >= 0.3 is 0 Å².